The summed E-state index contributed by atoms with van der Waals surface area (Å²) in [5, 5.41) is 5.67. The second-order valence-electron chi connectivity index (χ2n) is 5.43. The topological polar surface area (TPSA) is 59.0 Å². The quantitative estimate of drug-likeness (QED) is 0.710. The van der Waals surface area contributed by atoms with Crippen molar-refractivity contribution in [3.05, 3.63) is 60.4 Å². The summed E-state index contributed by atoms with van der Waals surface area (Å²) >= 11 is 0. The monoisotopic (exact) mass is 308 g/mol. The molecule has 3 rings (SSSR count). The molecular formula is C18H20N4O. The largest absolute Gasteiger partial charge is 0.338 e. The van der Waals surface area contributed by atoms with Crippen LogP contribution in [0.15, 0.2) is 54.6 Å². The molecule has 0 bridgehead atoms. The fourth-order valence-corrected chi connectivity index (χ4v) is 2.56. The van der Waals surface area contributed by atoms with E-state index in [2.05, 4.69) is 26.3 Å². The Hall–Kier alpha value is -2.82. The van der Waals surface area contributed by atoms with Gasteiger partial charge in [-0.25, -0.2) is 9.78 Å². The smallest absolute Gasteiger partial charge is 0.319 e. The molecule has 2 N–H and O–H groups in total. The number of nitrogens with one attached hydrogen (secondary N) is 2. The number of aromatic nitrogens is 2. The zero-order valence-electron chi connectivity index (χ0n) is 13.1. The number of para-hydroxylation sites is 3. The Kier molecular flexibility index (Phi) is 4.57. The van der Waals surface area contributed by atoms with Crippen molar-refractivity contribution in [3.63, 3.8) is 0 Å². The molecule has 0 saturated carbocycles. The van der Waals surface area contributed by atoms with Crippen LogP contribution in [0.3, 0.4) is 0 Å². The number of hydrogen-bond donors (Lipinski definition) is 2. The van der Waals surface area contributed by atoms with E-state index in [1.807, 2.05) is 55.6 Å². The maximum atomic E-state index is 11.8. The van der Waals surface area contributed by atoms with Crippen molar-refractivity contribution in [3.8, 4) is 0 Å². The third kappa shape index (κ3) is 3.69. The highest BCUT2D eigenvalue weighted by molar-refractivity contribution is 5.89. The molecule has 0 saturated heterocycles. The van der Waals surface area contributed by atoms with Crippen LogP contribution in [-0.4, -0.2) is 22.1 Å². The van der Waals surface area contributed by atoms with Gasteiger partial charge in [-0.3, -0.25) is 0 Å². The zero-order valence-corrected chi connectivity index (χ0v) is 13.1. The van der Waals surface area contributed by atoms with E-state index in [4.69, 9.17) is 0 Å². The van der Waals surface area contributed by atoms with Gasteiger partial charge in [0.1, 0.15) is 5.82 Å². The molecular weight excluding hydrogens is 288 g/mol. The van der Waals surface area contributed by atoms with E-state index >= 15 is 0 Å². The van der Waals surface area contributed by atoms with Crippen LogP contribution in [0, 0.1) is 0 Å². The van der Waals surface area contributed by atoms with E-state index in [0.717, 1.165) is 35.4 Å². The number of carbonyl (C=O) groups excluding carboxylic acids is 1. The molecule has 0 atom stereocenters. The van der Waals surface area contributed by atoms with Crippen molar-refractivity contribution in [2.24, 2.45) is 7.05 Å². The Bertz CT molecular complexity index is 795. The lowest BCUT2D eigenvalue weighted by Gasteiger charge is -2.07. The lowest BCUT2D eigenvalue weighted by atomic mass is 10.3. The molecule has 1 heterocycles. The van der Waals surface area contributed by atoms with Crippen molar-refractivity contribution in [2.75, 3.05) is 11.9 Å². The van der Waals surface area contributed by atoms with Crippen LogP contribution in [0.4, 0.5) is 10.5 Å². The number of anilines is 1. The van der Waals surface area contributed by atoms with Crippen molar-refractivity contribution in [1.82, 2.24) is 14.9 Å². The minimum Gasteiger partial charge on any atom is -0.338 e. The predicted molar refractivity (Wildman–Crippen MR) is 92.5 cm³/mol. The molecule has 23 heavy (non-hydrogen) atoms. The number of imidazole rings is 1. The normalized spacial score (nSPS) is 10.7. The molecule has 0 aliphatic heterocycles. The van der Waals surface area contributed by atoms with Crippen LogP contribution in [0.5, 0.6) is 0 Å². The number of aryl methyl sites for hydroxylation is 2. The molecule has 3 aromatic rings. The predicted octanol–water partition coefficient (Wildman–Crippen LogP) is 3.33. The Morgan fingerprint density at radius 1 is 1.09 bits per heavy atom. The average molecular weight is 308 g/mol. The van der Waals surface area contributed by atoms with Crippen LogP contribution in [0.1, 0.15) is 12.2 Å². The van der Waals surface area contributed by atoms with Gasteiger partial charge >= 0.3 is 6.03 Å². The Morgan fingerprint density at radius 3 is 2.61 bits per heavy atom. The molecule has 5 heteroatoms. The summed E-state index contributed by atoms with van der Waals surface area (Å²) in [7, 11) is 2.03. The average Bonchev–Trinajstić information content (AvgIpc) is 2.89. The fraction of sp³-hybridized carbons (Fsp3) is 0.222. The van der Waals surface area contributed by atoms with Crippen molar-refractivity contribution in [1.29, 1.82) is 0 Å². The van der Waals surface area contributed by atoms with Gasteiger partial charge in [0.05, 0.1) is 11.0 Å². The number of amides is 2. The van der Waals surface area contributed by atoms with Crippen LogP contribution in [0.2, 0.25) is 0 Å². The van der Waals surface area contributed by atoms with Gasteiger partial charge in [-0.2, -0.15) is 0 Å². The lowest BCUT2D eigenvalue weighted by molar-refractivity contribution is 0.252. The summed E-state index contributed by atoms with van der Waals surface area (Å²) in [6.45, 7) is 0.613. The molecule has 0 aliphatic carbocycles. The van der Waals surface area contributed by atoms with Crippen molar-refractivity contribution >= 4 is 22.8 Å². The van der Waals surface area contributed by atoms with Crippen LogP contribution in [0.25, 0.3) is 11.0 Å². The van der Waals surface area contributed by atoms with E-state index in [0.29, 0.717) is 6.54 Å². The molecule has 118 valence electrons. The van der Waals surface area contributed by atoms with Gasteiger partial charge < -0.3 is 15.2 Å². The van der Waals surface area contributed by atoms with Crippen LogP contribution < -0.4 is 10.6 Å². The standard InChI is InChI=1S/C18H20N4O/c1-22-16-11-6-5-10-15(16)21-17(22)12-7-13-19-18(23)20-14-8-3-2-4-9-14/h2-6,8-11H,7,12-13H2,1H3,(H2,19,20,23). The molecule has 0 unspecified atom stereocenters. The molecule has 0 fully saturated rings. The number of rotatable bonds is 5. The number of hydrogen-bond acceptors (Lipinski definition) is 2. The molecule has 2 amide bonds. The summed E-state index contributed by atoms with van der Waals surface area (Å²) < 4.78 is 2.11. The van der Waals surface area contributed by atoms with Gasteiger partial charge in [-0.15, -0.1) is 0 Å². The van der Waals surface area contributed by atoms with Crippen LogP contribution >= 0.6 is 0 Å². The van der Waals surface area contributed by atoms with Crippen molar-refractivity contribution < 1.29 is 4.79 Å². The summed E-state index contributed by atoms with van der Waals surface area (Å²) in [5.74, 6) is 1.04. The third-order valence-electron chi connectivity index (χ3n) is 3.77. The number of nitrogens with zero attached hydrogens (tertiary/aromatic N) is 2. The molecule has 0 radical (unpaired) electrons. The van der Waals surface area contributed by atoms with E-state index in [9.17, 15) is 4.79 Å². The Labute approximate surface area is 135 Å². The molecule has 0 aliphatic rings. The second-order valence-corrected chi connectivity index (χ2v) is 5.43. The van der Waals surface area contributed by atoms with Gasteiger partial charge in [-0.05, 0) is 30.7 Å². The Morgan fingerprint density at radius 2 is 1.83 bits per heavy atom. The van der Waals surface area contributed by atoms with Crippen LogP contribution in [-0.2, 0) is 13.5 Å². The lowest BCUT2D eigenvalue weighted by Crippen LogP contribution is -2.29. The number of urea groups is 1. The molecule has 2 aromatic carbocycles. The van der Waals surface area contributed by atoms with E-state index in [-0.39, 0.29) is 6.03 Å². The fourth-order valence-electron chi connectivity index (χ4n) is 2.56. The molecule has 0 spiro atoms. The first kappa shape index (κ1) is 15.1. The first-order valence-corrected chi connectivity index (χ1v) is 7.74. The van der Waals surface area contributed by atoms with Crippen molar-refractivity contribution in [2.45, 2.75) is 12.8 Å². The highest BCUT2D eigenvalue weighted by Crippen LogP contribution is 2.15. The number of carbonyl (C=O) groups is 1. The first-order chi connectivity index (χ1) is 11.2. The van der Waals surface area contributed by atoms with E-state index in [1.54, 1.807) is 0 Å². The third-order valence-corrected chi connectivity index (χ3v) is 3.77. The minimum atomic E-state index is -0.179. The molecule has 5 nitrogen and oxygen atoms in total. The SMILES string of the molecule is Cn1c(CCCNC(=O)Nc2ccccc2)nc2ccccc21. The maximum absolute atomic E-state index is 11.8. The summed E-state index contributed by atoms with van der Waals surface area (Å²) in [5.41, 5.74) is 2.94. The van der Waals surface area contributed by atoms with Gasteiger partial charge in [-0.1, -0.05) is 30.3 Å². The zero-order chi connectivity index (χ0) is 16.1. The van der Waals surface area contributed by atoms with E-state index in [1.165, 1.54) is 0 Å². The van der Waals surface area contributed by atoms with E-state index < -0.39 is 0 Å². The minimum absolute atomic E-state index is 0.179. The maximum Gasteiger partial charge on any atom is 0.319 e. The Balaban J connectivity index is 1.47. The summed E-state index contributed by atoms with van der Waals surface area (Å²) in [6.07, 6.45) is 1.68. The highest BCUT2D eigenvalue weighted by Gasteiger charge is 2.07. The second kappa shape index (κ2) is 6.96. The first-order valence-electron chi connectivity index (χ1n) is 7.74. The summed E-state index contributed by atoms with van der Waals surface area (Å²) in [6, 6.07) is 17.3. The highest BCUT2D eigenvalue weighted by atomic mass is 16.2. The van der Waals surface area contributed by atoms with Gasteiger partial charge in [0.2, 0.25) is 0 Å². The van der Waals surface area contributed by atoms with Gasteiger partial charge in [0, 0.05) is 25.7 Å². The molecule has 1 aromatic heterocycles. The number of fused-ring (bicyclic) bond motifs is 1. The van der Waals surface area contributed by atoms with Gasteiger partial charge in [0.25, 0.3) is 0 Å². The van der Waals surface area contributed by atoms with Gasteiger partial charge in [0.15, 0.2) is 0 Å². The number of benzene rings is 2. The summed E-state index contributed by atoms with van der Waals surface area (Å²) in [4.78, 5) is 16.4.